The smallest absolute Gasteiger partial charge is 0.338 e. The van der Waals surface area contributed by atoms with Gasteiger partial charge in [-0.25, -0.2) is 4.79 Å². The van der Waals surface area contributed by atoms with Gasteiger partial charge in [-0.2, -0.15) is 0 Å². The van der Waals surface area contributed by atoms with Crippen LogP contribution in [0.5, 0.6) is 11.5 Å². The van der Waals surface area contributed by atoms with Crippen molar-refractivity contribution < 1.29 is 33.0 Å². The van der Waals surface area contributed by atoms with Crippen LogP contribution in [-0.4, -0.2) is 40.2 Å². The molecule has 0 N–H and O–H groups in total. The van der Waals surface area contributed by atoms with Crippen LogP contribution in [0.1, 0.15) is 32.0 Å². The molecule has 1 aromatic heterocycles. The number of rotatable bonds is 7. The lowest BCUT2D eigenvalue weighted by Gasteiger charge is -2.06. The molecule has 0 radical (unpaired) electrons. The third-order valence-electron chi connectivity index (χ3n) is 4.32. The van der Waals surface area contributed by atoms with E-state index in [0.29, 0.717) is 39.4 Å². The van der Waals surface area contributed by atoms with Crippen molar-refractivity contribution in [3.63, 3.8) is 0 Å². The summed E-state index contributed by atoms with van der Waals surface area (Å²) >= 11 is 0. The number of ketones is 1. The lowest BCUT2D eigenvalue weighted by Crippen LogP contribution is -2.06. The average Bonchev–Trinajstić information content (AvgIpc) is 3.10. The van der Waals surface area contributed by atoms with E-state index < -0.39 is 5.97 Å². The van der Waals surface area contributed by atoms with Crippen molar-refractivity contribution in [3.8, 4) is 11.5 Å². The third kappa shape index (κ3) is 3.44. The Balaban J connectivity index is 2.23. The molecule has 2 aromatic carbocycles. The molecule has 1 heterocycles. The van der Waals surface area contributed by atoms with Gasteiger partial charge in [0.25, 0.3) is 0 Å². The summed E-state index contributed by atoms with van der Waals surface area (Å²) in [6.45, 7) is 0.0859. The lowest BCUT2D eigenvalue weighted by molar-refractivity contribution is 0.0600. The van der Waals surface area contributed by atoms with Gasteiger partial charge in [-0.1, -0.05) is 0 Å². The summed E-state index contributed by atoms with van der Waals surface area (Å²) in [5.41, 5.74) is 1.37. The second-order valence-corrected chi connectivity index (χ2v) is 5.94. The third-order valence-corrected chi connectivity index (χ3v) is 4.32. The minimum Gasteiger partial charge on any atom is -0.497 e. The van der Waals surface area contributed by atoms with Crippen molar-refractivity contribution >= 4 is 22.7 Å². The quantitative estimate of drug-likeness (QED) is 0.454. The summed E-state index contributed by atoms with van der Waals surface area (Å²) in [6, 6.07) is 9.80. The predicted molar refractivity (Wildman–Crippen MR) is 101 cm³/mol. The van der Waals surface area contributed by atoms with E-state index in [-0.39, 0.29) is 18.0 Å². The summed E-state index contributed by atoms with van der Waals surface area (Å²) in [5, 5.41) is 0.451. The number of benzene rings is 2. The Kier molecular flexibility index (Phi) is 5.65. The molecule has 0 fully saturated rings. The Bertz CT molecular complexity index is 1020. The number of carbonyl (C=O) groups excluding carboxylic acids is 2. The Morgan fingerprint density at radius 1 is 0.929 bits per heavy atom. The molecule has 0 bridgehead atoms. The Morgan fingerprint density at radius 3 is 2.21 bits per heavy atom. The summed E-state index contributed by atoms with van der Waals surface area (Å²) in [4.78, 5) is 25.3. The van der Waals surface area contributed by atoms with Crippen LogP contribution in [0.15, 0.2) is 40.8 Å². The molecular formula is C21H20O7. The standard InChI is InChI=1S/C21H20O7/c1-24-11-17-18(19(22)12-5-7-14(25-2)8-6-12)15-9-13(21(23)27-4)10-16(26-3)20(15)28-17/h5-10H,11H2,1-4H3. The van der Waals surface area contributed by atoms with E-state index in [1.54, 1.807) is 37.4 Å². The molecule has 0 aliphatic heterocycles. The van der Waals surface area contributed by atoms with Gasteiger partial charge in [0.05, 0.1) is 32.5 Å². The normalized spacial score (nSPS) is 10.7. The zero-order chi connectivity index (χ0) is 20.3. The van der Waals surface area contributed by atoms with Gasteiger partial charge in [-0.05, 0) is 36.4 Å². The number of fused-ring (bicyclic) bond motifs is 1. The van der Waals surface area contributed by atoms with Crippen LogP contribution in [-0.2, 0) is 16.1 Å². The Morgan fingerprint density at radius 2 is 1.64 bits per heavy atom. The number of methoxy groups -OCH3 is 4. The number of ether oxygens (including phenoxy) is 4. The van der Waals surface area contributed by atoms with Gasteiger partial charge in [-0.15, -0.1) is 0 Å². The first-order chi connectivity index (χ1) is 13.5. The predicted octanol–water partition coefficient (Wildman–Crippen LogP) is 3.61. The molecule has 0 saturated heterocycles. The van der Waals surface area contributed by atoms with Crippen LogP contribution in [0, 0.1) is 0 Å². The molecule has 7 nitrogen and oxygen atoms in total. The largest absolute Gasteiger partial charge is 0.497 e. The number of esters is 1. The van der Waals surface area contributed by atoms with Crippen molar-refractivity contribution in [1.82, 2.24) is 0 Å². The maximum absolute atomic E-state index is 13.3. The van der Waals surface area contributed by atoms with E-state index in [1.165, 1.54) is 27.4 Å². The molecule has 0 aliphatic rings. The van der Waals surface area contributed by atoms with Crippen LogP contribution < -0.4 is 9.47 Å². The number of hydrogen-bond donors (Lipinski definition) is 0. The number of furan rings is 1. The first kappa shape index (κ1) is 19.4. The molecule has 0 atom stereocenters. The molecule has 146 valence electrons. The van der Waals surface area contributed by atoms with Crippen LogP contribution in [0.4, 0.5) is 0 Å². The van der Waals surface area contributed by atoms with Crippen LogP contribution in [0.3, 0.4) is 0 Å². The van der Waals surface area contributed by atoms with E-state index in [4.69, 9.17) is 23.4 Å². The van der Waals surface area contributed by atoms with Crippen LogP contribution in [0.25, 0.3) is 11.0 Å². The van der Waals surface area contributed by atoms with Crippen molar-refractivity contribution in [2.24, 2.45) is 0 Å². The molecule has 7 heteroatoms. The maximum atomic E-state index is 13.3. The maximum Gasteiger partial charge on any atom is 0.338 e. The summed E-state index contributed by atoms with van der Waals surface area (Å²) < 4.78 is 26.4. The fourth-order valence-electron chi connectivity index (χ4n) is 2.97. The molecule has 0 spiro atoms. The highest BCUT2D eigenvalue weighted by Crippen LogP contribution is 2.36. The number of carbonyl (C=O) groups is 2. The monoisotopic (exact) mass is 384 g/mol. The minimum atomic E-state index is -0.544. The van der Waals surface area contributed by atoms with Gasteiger partial charge >= 0.3 is 5.97 Å². The Hall–Kier alpha value is -3.32. The molecule has 3 rings (SSSR count). The highest BCUT2D eigenvalue weighted by atomic mass is 16.5. The van der Waals surface area contributed by atoms with Gasteiger partial charge in [0.1, 0.15) is 18.1 Å². The van der Waals surface area contributed by atoms with E-state index in [0.717, 1.165) is 0 Å². The van der Waals surface area contributed by atoms with Gasteiger partial charge in [0, 0.05) is 18.1 Å². The number of hydrogen-bond acceptors (Lipinski definition) is 7. The van der Waals surface area contributed by atoms with E-state index >= 15 is 0 Å². The van der Waals surface area contributed by atoms with Gasteiger partial charge in [-0.3, -0.25) is 4.79 Å². The lowest BCUT2D eigenvalue weighted by atomic mass is 9.98. The molecular weight excluding hydrogens is 364 g/mol. The average molecular weight is 384 g/mol. The van der Waals surface area contributed by atoms with E-state index in [2.05, 4.69) is 0 Å². The van der Waals surface area contributed by atoms with Crippen molar-refractivity contribution in [2.45, 2.75) is 6.61 Å². The fourth-order valence-corrected chi connectivity index (χ4v) is 2.97. The second-order valence-electron chi connectivity index (χ2n) is 5.94. The first-order valence-electron chi connectivity index (χ1n) is 8.43. The van der Waals surface area contributed by atoms with Crippen molar-refractivity contribution in [1.29, 1.82) is 0 Å². The Labute approximate surface area is 161 Å². The SMILES string of the molecule is COCc1oc2c(OC)cc(C(=O)OC)cc2c1C(=O)c1ccc(OC)cc1. The second kappa shape index (κ2) is 8.14. The van der Waals surface area contributed by atoms with Gasteiger partial charge in [0.15, 0.2) is 17.1 Å². The molecule has 3 aromatic rings. The summed E-state index contributed by atoms with van der Waals surface area (Å²) in [7, 11) is 5.80. The molecule has 28 heavy (non-hydrogen) atoms. The van der Waals surface area contributed by atoms with E-state index in [9.17, 15) is 9.59 Å². The van der Waals surface area contributed by atoms with Gasteiger partial charge < -0.3 is 23.4 Å². The van der Waals surface area contributed by atoms with Gasteiger partial charge in [0.2, 0.25) is 0 Å². The minimum absolute atomic E-state index is 0.0859. The zero-order valence-corrected chi connectivity index (χ0v) is 16.0. The van der Waals surface area contributed by atoms with Crippen molar-refractivity contribution in [2.75, 3.05) is 28.4 Å². The topological polar surface area (TPSA) is 84.2 Å². The molecule has 0 saturated carbocycles. The molecule has 0 unspecified atom stereocenters. The van der Waals surface area contributed by atoms with E-state index in [1.807, 2.05) is 0 Å². The zero-order valence-electron chi connectivity index (χ0n) is 16.0. The molecule has 0 aliphatic carbocycles. The fraction of sp³-hybridized carbons (Fsp3) is 0.238. The van der Waals surface area contributed by atoms with Crippen LogP contribution >= 0.6 is 0 Å². The van der Waals surface area contributed by atoms with Crippen LogP contribution in [0.2, 0.25) is 0 Å². The highest BCUT2D eigenvalue weighted by molar-refractivity contribution is 6.18. The first-order valence-corrected chi connectivity index (χ1v) is 8.43. The highest BCUT2D eigenvalue weighted by Gasteiger charge is 2.26. The summed E-state index contributed by atoms with van der Waals surface area (Å²) in [5.74, 6) is 0.498. The van der Waals surface area contributed by atoms with Crippen molar-refractivity contribution in [3.05, 3.63) is 58.8 Å². The molecule has 0 amide bonds. The summed E-state index contributed by atoms with van der Waals surface area (Å²) in [6.07, 6.45) is 0.